The Morgan fingerprint density at radius 1 is 1.00 bits per heavy atom. The molecular formula is C17H31N3O. The molecule has 1 aromatic rings. The molecule has 0 bridgehead atoms. The Morgan fingerprint density at radius 3 is 2.00 bits per heavy atom. The van der Waals surface area contributed by atoms with Gasteiger partial charge in [-0.25, -0.2) is 0 Å². The van der Waals surface area contributed by atoms with Crippen LogP contribution < -0.4 is 0 Å². The van der Waals surface area contributed by atoms with Gasteiger partial charge >= 0.3 is 0 Å². The predicted octanol–water partition coefficient (Wildman–Crippen LogP) is 3.85. The molecule has 120 valence electrons. The Hall–Kier alpha value is -0.900. The first-order chi connectivity index (χ1) is 9.64. The van der Waals surface area contributed by atoms with Gasteiger partial charge in [0.25, 0.3) is 0 Å². The van der Waals surface area contributed by atoms with Gasteiger partial charge in [-0.2, -0.15) is 0 Å². The maximum atomic E-state index is 9.52. The Bertz CT molecular complexity index is 471. The molecule has 0 atom stereocenters. The van der Waals surface area contributed by atoms with Crippen LogP contribution in [0.15, 0.2) is 0 Å². The summed E-state index contributed by atoms with van der Waals surface area (Å²) < 4.78 is 2.15. The van der Waals surface area contributed by atoms with E-state index in [0.717, 1.165) is 11.7 Å². The van der Waals surface area contributed by atoms with Crippen LogP contribution in [-0.2, 0) is 12.1 Å². The molecular weight excluding hydrogens is 262 g/mol. The summed E-state index contributed by atoms with van der Waals surface area (Å²) in [6.07, 6.45) is 4.89. The number of aromatic nitrogens is 3. The third kappa shape index (κ3) is 3.47. The highest BCUT2D eigenvalue weighted by Crippen LogP contribution is 2.43. The molecule has 4 heteroatoms. The van der Waals surface area contributed by atoms with Crippen LogP contribution in [0, 0.1) is 11.3 Å². The van der Waals surface area contributed by atoms with Crippen LogP contribution in [0.1, 0.15) is 84.8 Å². The first-order valence-corrected chi connectivity index (χ1v) is 8.20. The topological polar surface area (TPSA) is 50.9 Å². The summed E-state index contributed by atoms with van der Waals surface area (Å²) in [5, 5.41) is 18.1. The highest BCUT2D eigenvalue weighted by molar-refractivity contribution is 5.07. The monoisotopic (exact) mass is 293 g/mol. The van der Waals surface area contributed by atoms with Crippen molar-refractivity contribution in [3.8, 4) is 0 Å². The SMILES string of the molecule is CC(C)(C)C1CCC(c2nnc(CO)n2C(C)(C)C)CC1. The second kappa shape index (κ2) is 5.71. The molecule has 1 aliphatic carbocycles. The van der Waals surface area contributed by atoms with E-state index in [1.165, 1.54) is 25.7 Å². The van der Waals surface area contributed by atoms with Crippen molar-refractivity contribution in [2.45, 2.75) is 85.3 Å². The number of hydrogen-bond donors (Lipinski definition) is 1. The fourth-order valence-corrected chi connectivity index (χ4v) is 3.65. The van der Waals surface area contributed by atoms with Crippen molar-refractivity contribution in [3.63, 3.8) is 0 Å². The number of aliphatic hydroxyl groups is 1. The minimum absolute atomic E-state index is 0.0401. The number of aliphatic hydroxyl groups excluding tert-OH is 1. The minimum atomic E-state index is -0.0855. The standard InChI is InChI=1S/C17H31N3O/c1-16(2,3)13-9-7-12(8-10-13)15-19-18-14(11-21)20(15)17(4,5)6/h12-13,21H,7-11H2,1-6H3. The third-order valence-electron chi connectivity index (χ3n) is 4.88. The van der Waals surface area contributed by atoms with Gasteiger partial charge in [-0.15, -0.1) is 10.2 Å². The molecule has 2 rings (SSSR count). The molecule has 0 saturated heterocycles. The quantitative estimate of drug-likeness (QED) is 0.901. The Kier molecular flexibility index (Phi) is 4.48. The van der Waals surface area contributed by atoms with Crippen LogP contribution >= 0.6 is 0 Å². The lowest BCUT2D eigenvalue weighted by atomic mass is 9.69. The summed E-state index contributed by atoms with van der Waals surface area (Å²) in [6.45, 7) is 13.5. The van der Waals surface area contributed by atoms with E-state index in [4.69, 9.17) is 0 Å². The zero-order valence-corrected chi connectivity index (χ0v) is 14.5. The molecule has 0 radical (unpaired) electrons. The molecule has 1 N–H and O–H groups in total. The number of hydrogen-bond acceptors (Lipinski definition) is 3. The summed E-state index contributed by atoms with van der Waals surface area (Å²) in [5.41, 5.74) is 0.316. The second-order valence-electron chi connectivity index (χ2n) is 8.55. The van der Waals surface area contributed by atoms with Crippen LogP contribution in [0.4, 0.5) is 0 Å². The van der Waals surface area contributed by atoms with Crippen LogP contribution in [0.3, 0.4) is 0 Å². The highest BCUT2D eigenvalue weighted by atomic mass is 16.3. The van der Waals surface area contributed by atoms with E-state index in [0.29, 0.717) is 17.2 Å². The summed E-state index contributed by atoms with van der Waals surface area (Å²) in [5.74, 6) is 3.04. The van der Waals surface area contributed by atoms with Crippen molar-refractivity contribution in [2.24, 2.45) is 11.3 Å². The molecule has 1 fully saturated rings. The normalized spacial score (nSPS) is 24.3. The predicted molar refractivity (Wildman–Crippen MR) is 85.1 cm³/mol. The zero-order chi connectivity index (χ0) is 15.8. The van der Waals surface area contributed by atoms with E-state index in [1.54, 1.807) is 0 Å². The summed E-state index contributed by atoms with van der Waals surface area (Å²) in [7, 11) is 0. The van der Waals surface area contributed by atoms with Crippen LogP contribution in [0.25, 0.3) is 0 Å². The second-order valence-corrected chi connectivity index (χ2v) is 8.55. The van der Waals surface area contributed by atoms with Crippen molar-refractivity contribution in [2.75, 3.05) is 0 Å². The van der Waals surface area contributed by atoms with Crippen LogP contribution in [0.5, 0.6) is 0 Å². The molecule has 1 aromatic heterocycles. The lowest BCUT2D eigenvalue weighted by molar-refractivity contribution is 0.163. The molecule has 0 aromatic carbocycles. The van der Waals surface area contributed by atoms with E-state index >= 15 is 0 Å². The fourth-order valence-electron chi connectivity index (χ4n) is 3.65. The molecule has 1 aliphatic rings. The van der Waals surface area contributed by atoms with Crippen LogP contribution in [-0.4, -0.2) is 19.9 Å². The maximum absolute atomic E-state index is 9.52. The molecule has 0 amide bonds. The smallest absolute Gasteiger partial charge is 0.159 e. The Labute approximate surface area is 129 Å². The van der Waals surface area contributed by atoms with E-state index < -0.39 is 0 Å². The average molecular weight is 293 g/mol. The van der Waals surface area contributed by atoms with Gasteiger partial charge in [0.2, 0.25) is 0 Å². The van der Waals surface area contributed by atoms with Crippen LogP contribution in [0.2, 0.25) is 0 Å². The maximum Gasteiger partial charge on any atom is 0.159 e. The van der Waals surface area contributed by atoms with Crippen molar-refractivity contribution >= 4 is 0 Å². The van der Waals surface area contributed by atoms with E-state index in [9.17, 15) is 5.11 Å². The summed E-state index contributed by atoms with van der Waals surface area (Å²) in [4.78, 5) is 0. The minimum Gasteiger partial charge on any atom is -0.388 e. The lowest BCUT2D eigenvalue weighted by Gasteiger charge is -2.37. The van der Waals surface area contributed by atoms with Gasteiger partial charge < -0.3 is 9.67 Å². The van der Waals surface area contributed by atoms with Gasteiger partial charge in [0.15, 0.2) is 5.82 Å². The fraction of sp³-hybridized carbons (Fsp3) is 0.882. The zero-order valence-electron chi connectivity index (χ0n) is 14.5. The molecule has 1 heterocycles. The summed E-state index contributed by atoms with van der Waals surface area (Å²) >= 11 is 0. The molecule has 0 spiro atoms. The molecule has 21 heavy (non-hydrogen) atoms. The third-order valence-corrected chi connectivity index (χ3v) is 4.88. The molecule has 4 nitrogen and oxygen atoms in total. The van der Waals surface area contributed by atoms with E-state index in [-0.39, 0.29) is 12.1 Å². The van der Waals surface area contributed by atoms with E-state index in [1.807, 2.05) is 0 Å². The molecule has 0 unspecified atom stereocenters. The first kappa shape index (κ1) is 16.5. The van der Waals surface area contributed by atoms with Crippen molar-refractivity contribution < 1.29 is 5.11 Å². The van der Waals surface area contributed by atoms with Gasteiger partial charge in [0, 0.05) is 11.5 Å². The Balaban J connectivity index is 2.20. The molecule has 1 saturated carbocycles. The number of rotatable bonds is 2. The van der Waals surface area contributed by atoms with Gasteiger partial charge in [-0.05, 0) is 57.8 Å². The summed E-state index contributed by atoms with van der Waals surface area (Å²) in [6, 6.07) is 0. The average Bonchev–Trinajstić information content (AvgIpc) is 2.81. The highest BCUT2D eigenvalue weighted by Gasteiger charge is 2.34. The molecule has 0 aliphatic heterocycles. The first-order valence-electron chi connectivity index (χ1n) is 8.20. The number of nitrogens with zero attached hydrogens (tertiary/aromatic N) is 3. The van der Waals surface area contributed by atoms with Gasteiger partial charge in [-0.3, -0.25) is 0 Å². The largest absolute Gasteiger partial charge is 0.388 e. The van der Waals surface area contributed by atoms with Crippen molar-refractivity contribution in [1.82, 2.24) is 14.8 Å². The lowest BCUT2D eigenvalue weighted by Crippen LogP contribution is -2.30. The van der Waals surface area contributed by atoms with Crippen molar-refractivity contribution in [1.29, 1.82) is 0 Å². The van der Waals surface area contributed by atoms with Gasteiger partial charge in [0.1, 0.15) is 12.4 Å². The Morgan fingerprint density at radius 2 is 1.57 bits per heavy atom. The van der Waals surface area contributed by atoms with E-state index in [2.05, 4.69) is 56.3 Å². The van der Waals surface area contributed by atoms with Crippen molar-refractivity contribution in [3.05, 3.63) is 11.6 Å². The van der Waals surface area contributed by atoms with Gasteiger partial charge in [0.05, 0.1) is 0 Å². The van der Waals surface area contributed by atoms with Gasteiger partial charge in [-0.1, -0.05) is 20.8 Å².